The number of unbranched alkanes of at least 4 members (excludes halogenated alkanes) is 2. The highest BCUT2D eigenvalue weighted by Crippen LogP contribution is 2.06. The minimum absolute atomic E-state index is 0.0117. The Balaban J connectivity index is 1.45. The molecule has 2 aliphatic heterocycles. The van der Waals surface area contributed by atoms with E-state index in [2.05, 4.69) is 27.5 Å². The number of amides is 2. The van der Waals surface area contributed by atoms with Crippen molar-refractivity contribution in [2.75, 3.05) is 46.3 Å². The fraction of sp³-hybridized carbons (Fsp3) is 0.867. The van der Waals surface area contributed by atoms with E-state index in [0.29, 0.717) is 19.4 Å². The van der Waals surface area contributed by atoms with E-state index < -0.39 is 0 Å². The molecule has 2 rings (SSSR count). The molecule has 1 unspecified atom stereocenters. The van der Waals surface area contributed by atoms with Crippen LogP contribution in [0.25, 0.3) is 0 Å². The molecule has 0 aromatic heterocycles. The number of likely N-dealkylation sites (N-methyl/N-ethyl adjacent to an activating group) is 1. The SMILES string of the molecule is CN1CCN(CCCCCNC(=O)C2CCC(=O)N2)CC1. The van der Waals surface area contributed by atoms with Crippen LogP contribution in [0, 0.1) is 0 Å². The van der Waals surface area contributed by atoms with E-state index in [-0.39, 0.29) is 17.9 Å². The van der Waals surface area contributed by atoms with E-state index in [1.807, 2.05) is 0 Å². The number of nitrogens with one attached hydrogen (secondary N) is 2. The van der Waals surface area contributed by atoms with Crippen molar-refractivity contribution in [2.45, 2.75) is 38.1 Å². The summed E-state index contributed by atoms with van der Waals surface area (Å²) in [5, 5.41) is 5.61. The lowest BCUT2D eigenvalue weighted by Gasteiger charge is -2.32. The average Bonchev–Trinajstić information content (AvgIpc) is 2.91. The molecule has 2 fully saturated rings. The van der Waals surface area contributed by atoms with Crippen LogP contribution in [0.4, 0.5) is 0 Å². The molecule has 0 saturated carbocycles. The maximum atomic E-state index is 11.8. The summed E-state index contributed by atoms with van der Waals surface area (Å²) >= 11 is 0. The van der Waals surface area contributed by atoms with Crippen molar-refractivity contribution in [3.63, 3.8) is 0 Å². The van der Waals surface area contributed by atoms with Crippen molar-refractivity contribution >= 4 is 11.8 Å². The first kappa shape index (κ1) is 16.2. The number of carbonyl (C=O) groups excluding carboxylic acids is 2. The lowest BCUT2D eigenvalue weighted by molar-refractivity contribution is -0.125. The van der Waals surface area contributed by atoms with Crippen molar-refractivity contribution in [3.8, 4) is 0 Å². The van der Waals surface area contributed by atoms with Crippen molar-refractivity contribution < 1.29 is 9.59 Å². The van der Waals surface area contributed by atoms with Gasteiger partial charge >= 0.3 is 0 Å². The molecule has 120 valence electrons. The first-order chi connectivity index (χ1) is 10.1. The van der Waals surface area contributed by atoms with E-state index >= 15 is 0 Å². The van der Waals surface area contributed by atoms with Gasteiger partial charge in [0.25, 0.3) is 0 Å². The highest BCUT2D eigenvalue weighted by Gasteiger charge is 2.26. The van der Waals surface area contributed by atoms with Crippen molar-refractivity contribution in [3.05, 3.63) is 0 Å². The van der Waals surface area contributed by atoms with Crippen LogP contribution in [0.1, 0.15) is 32.1 Å². The monoisotopic (exact) mass is 296 g/mol. The Morgan fingerprint density at radius 2 is 2.00 bits per heavy atom. The Morgan fingerprint density at radius 3 is 2.67 bits per heavy atom. The molecule has 2 N–H and O–H groups in total. The van der Waals surface area contributed by atoms with Crippen LogP contribution in [0.5, 0.6) is 0 Å². The van der Waals surface area contributed by atoms with Crippen molar-refractivity contribution in [2.24, 2.45) is 0 Å². The van der Waals surface area contributed by atoms with Crippen LogP contribution < -0.4 is 10.6 Å². The Morgan fingerprint density at radius 1 is 1.24 bits per heavy atom. The predicted molar refractivity (Wildman–Crippen MR) is 82.0 cm³/mol. The highest BCUT2D eigenvalue weighted by molar-refractivity contribution is 5.90. The maximum Gasteiger partial charge on any atom is 0.242 e. The molecule has 0 bridgehead atoms. The van der Waals surface area contributed by atoms with E-state index in [1.165, 1.54) is 39.1 Å². The van der Waals surface area contributed by atoms with E-state index in [4.69, 9.17) is 0 Å². The Kier molecular flexibility index (Phi) is 6.45. The molecular weight excluding hydrogens is 268 g/mol. The molecule has 0 aromatic carbocycles. The molecule has 0 spiro atoms. The van der Waals surface area contributed by atoms with Gasteiger partial charge in [0, 0.05) is 39.1 Å². The molecule has 1 atom stereocenters. The standard InChI is InChI=1S/C15H28N4O2/c1-18-9-11-19(12-10-18)8-4-2-3-7-16-15(21)13-5-6-14(20)17-13/h13H,2-12H2,1H3,(H,16,21)(H,17,20). The number of carbonyl (C=O) groups is 2. The third-order valence-electron chi connectivity index (χ3n) is 4.36. The lowest BCUT2D eigenvalue weighted by atomic mass is 10.2. The zero-order valence-electron chi connectivity index (χ0n) is 13.1. The van der Waals surface area contributed by atoms with E-state index in [1.54, 1.807) is 0 Å². The van der Waals surface area contributed by atoms with Gasteiger partial charge in [-0.3, -0.25) is 9.59 Å². The average molecular weight is 296 g/mol. The molecule has 0 aromatic rings. The van der Waals surface area contributed by atoms with Gasteiger partial charge < -0.3 is 20.4 Å². The molecule has 0 aliphatic carbocycles. The summed E-state index contributed by atoms with van der Waals surface area (Å²) in [5.41, 5.74) is 0. The Labute approximate surface area is 127 Å². The maximum absolute atomic E-state index is 11.8. The van der Waals surface area contributed by atoms with E-state index in [9.17, 15) is 9.59 Å². The van der Waals surface area contributed by atoms with Gasteiger partial charge in [-0.2, -0.15) is 0 Å². The van der Waals surface area contributed by atoms with Crippen LogP contribution >= 0.6 is 0 Å². The first-order valence-corrected chi connectivity index (χ1v) is 8.13. The van der Waals surface area contributed by atoms with Gasteiger partial charge in [0.1, 0.15) is 6.04 Å². The summed E-state index contributed by atoms with van der Waals surface area (Å²) in [6.45, 7) is 6.57. The Bertz CT molecular complexity index is 354. The van der Waals surface area contributed by atoms with Gasteiger partial charge in [-0.1, -0.05) is 6.42 Å². The van der Waals surface area contributed by atoms with Crippen LogP contribution in [0.3, 0.4) is 0 Å². The number of hydrogen-bond donors (Lipinski definition) is 2. The summed E-state index contributed by atoms with van der Waals surface area (Å²) in [6.07, 6.45) is 4.46. The predicted octanol–water partition coefficient (Wildman–Crippen LogP) is -0.201. The molecule has 6 heteroatoms. The quantitative estimate of drug-likeness (QED) is 0.639. The summed E-state index contributed by atoms with van der Waals surface area (Å²) in [5.74, 6) is -0.0396. The normalized spacial score (nSPS) is 24.0. The second-order valence-corrected chi connectivity index (χ2v) is 6.16. The number of hydrogen-bond acceptors (Lipinski definition) is 4. The molecule has 0 radical (unpaired) electrons. The molecule has 6 nitrogen and oxygen atoms in total. The second kappa shape index (κ2) is 8.34. The molecule has 2 aliphatic rings. The van der Waals surface area contributed by atoms with Gasteiger partial charge in [0.2, 0.25) is 11.8 Å². The van der Waals surface area contributed by atoms with Crippen LogP contribution in [0.2, 0.25) is 0 Å². The first-order valence-electron chi connectivity index (χ1n) is 8.13. The van der Waals surface area contributed by atoms with Crippen molar-refractivity contribution in [1.29, 1.82) is 0 Å². The van der Waals surface area contributed by atoms with Gasteiger partial charge in [-0.05, 0) is 32.9 Å². The minimum atomic E-state index is -0.303. The zero-order valence-corrected chi connectivity index (χ0v) is 13.1. The van der Waals surface area contributed by atoms with Crippen LogP contribution in [-0.2, 0) is 9.59 Å². The largest absolute Gasteiger partial charge is 0.354 e. The smallest absolute Gasteiger partial charge is 0.242 e. The van der Waals surface area contributed by atoms with Gasteiger partial charge in [-0.25, -0.2) is 0 Å². The zero-order chi connectivity index (χ0) is 15.1. The second-order valence-electron chi connectivity index (χ2n) is 6.16. The number of nitrogens with zero attached hydrogens (tertiary/aromatic N) is 2. The lowest BCUT2D eigenvalue weighted by Crippen LogP contribution is -2.44. The molecule has 21 heavy (non-hydrogen) atoms. The highest BCUT2D eigenvalue weighted by atomic mass is 16.2. The van der Waals surface area contributed by atoms with Gasteiger partial charge in [0.15, 0.2) is 0 Å². The minimum Gasteiger partial charge on any atom is -0.354 e. The summed E-state index contributed by atoms with van der Waals surface area (Å²) < 4.78 is 0. The molecule has 2 heterocycles. The van der Waals surface area contributed by atoms with E-state index in [0.717, 1.165) is 12.8 Å². The van der Waals surface area contributed by atoms with Gasteiger partial charge in [0.05, 0.1) is 0 Å². The number of rotatable bonds is 7. The fourth-order valence-corrected chi connectivity index (χ4v) is 2.85. The van der Waals surface area contributed by atoms with Crippen LogP contribution in [0.15, 0.2) is 0 Å². The summed E-state index contributed by atoms with van der Waals surface area (Å²) in [7, 11) is 2.17. The third kappa shape index (κ3) is 5.63. The summed E-state index contributed by atoms with van der Waals surface area (Å²) in [4.78, 5) is 27.7. The fourth-order valence-electron chi connectivity index (χ4n) is 2.85. The van der Waals surface area contributed by atoms with Gasteiger partial charge in [-0.15, -0.1) is 0 Å². The molecule has 2 saturated heterocycles. The Hall–Kier alpha value is -1.14. The molecule has 2 amide bonds. The van der Waals surface area contributed by atoms with Crippen LogP contribution in [-0.4, -0.2) is 74.0 Å². The summed E-state index contributed by atoms with van der Waals surface area (Å²) in [6, 6.07) is -0.303. The third-order valence-corrected chi connectivity index (χ3v) is 4.36. The number of piperazine rings is 1. The molecular formula is C15H28N4O2. The van der Waals surface area contributed by atoms with Crippen molar-refractivity contribution in [1.82, 2.24) is 20.4 Å². The topological polar surface area (TPSA) is 64.7 Å².